The van der Waals surface area contributed by atoms with Crippen LogP contribution in [0.15, 0.2) is 24.4 Å². The summed E-state index contributed by atoms with van der Waals surface area (Å²) in [5.41, 5.74) is 1.60. The van der Waals surface area contributed by atoms with E-state index in [0.29, 0.717) is 13.1 Å². The number of esters is 1. The van der Waals surface area contributed by atoms with E-state index in [1.165, 1.54) is 7.11 Å². The fraction of sp³-hybridized carbons (Fsp3) is 0.438. The first-order chi connectivity index (χ1) is 10.3. The lowest BCUT2D eigenvalue weighted by Gasteiger charge is -2.24. The Bertz CT molecular complexity index is 600. The van der Waals surface area contributed by atoms with Crippen molar-refractivity contribution in [2.45, 2.75) is 26.4 Å². The van der Waals surface area contributed by atoms with Crippen LogP contribution in [-0.4, -0.2) is 47.7 Å². The summed E-state index contributed by atoms with van der Waals surface area (Å²) in [6.07, 6.45) is 3.23. The van der Waals surface area contributed by atoms with Crippen molar-refractivity contribution in [1.29, 1.82) is 0 Å². The van der Waals surface area contributed by atoms with E-state index in [-0.39, 0.29) is 11.8 Å². The molecule has 118 valence electrons. The number of methoxy groups -OCH3 is 1. The minimum absolute atomic E-state index is 0.258. The van der Waals surface area contributed by atoms with E-state index in [2.05, 4.69) is 9.72 Å². The van der Waals surface area contributed by atoms with Crippen molar-refractivity contribution in [3.8, 4) is 0 Å². The molecular weight excluding hydrogens is 284 g/mol. The van der Waals surface area contributed by atoms with Crippen molar-refractivity contribution in [2.75, 3.05) is 20.2 Å². The van der Waals surface area contributed by atoms with Gasteiger partial charge in [0, 0.05) is 19.3 Å². The molecule has 22 heavy (non-hydrogen) atoms. The van der Waals surface area contributed by atoms with Gasteiger partial charge in [0.05, 0.1) is 7.11 Å². The molecule has 0 radical (unpaired) electrons. The van der Waals surface area contributed by atoms with E-state index in [1.54, 1.807) is 23.2 Å². The minimum Gasteiger partial charge on any atom is -0.464 e. The number of aromatic nitrogens is 1. The van der Waals surface area contributed by atoms with Gasteiger partial charge in [-0.05, 0) is 38.0 Å². The molecule has 0 spiro atoms. The zero-order valence-electron chi connectivity index (χ0n) is 13.3. The average Bonchev–Trinajstić information content (AvgIpc) is 2.95. The SMILES string of the molecule is COC(=O)c1ccc(C2=CCN(C(=O)OC(C)(C)C)C2)cn1. The molecular formula is C16H20N2O4. The maximum Gasteiger partial charge on any atom is 0.410 e. The molecule has 0 unspecified atom stereocenters. The molecule has 6 nitrogen and oxygen atoms in total. The molecule has 1 aliphatic rings. The first kappa shape index (κ1) is 16.0. The van der Waals surface area contributed by atoms with Crippen LogP contribution >= 0.6 is 0 Å². The maximum atomic E-state index is 12.0. The van der Waals surface area contributed by atoms with Crippen molar-refractivity contribution in [3.05, 3.63) is 35.7 Å². The molecule has 0 saturated heterocycles. The fourth-order valence-electron chi connectivity index (χ4n) is 2.04. The van der Waals surface area contributed by atoms with Crippen LogP contribution in [0.3, 0.4) is 0 Å². The Morgan fingerprint density at radius 1 is 1.27 bits per heavy atom. The van der Waals surface area contributed by atoms with Crippen molar-refractivity contribution < 1.29 is 19.1 Å². The molecule has 1 aromatic heterocycles. The summed E-state index contributed by atoms with van der Waals surface area (Å²) in [5.74, 6) is -0.470. The molecule has 0 fully saturated rings. The third-order valence-electron chi connectivity index (χ3n) is 3.10. The molecule has 0 bridgehead atoms. The number of rotatable bonds is 2. The normalized spacial score (nSPS) is 14.5. The highest BCUT2D eigenvalue weighted by Crippen LogP contribution is 2.22. The van der Waals surface area contributed by atoms with Gasteiger partial charge in [-0.2, -0.15) is 0 Å². The van der Waals surface area contributed by atoms with E-state index in [9.17, 15) is 9.59 Å². The lowest BCUT2D eigenvalue weighted by Crippen LogP contribution is -2.35. The van der Waals surface area contributed by atoms with E-state index < -0.39 is 11.6 Å². The molecule has 0 aliphatic carbocycles. The molecule has 0 atom stereocenters. The van der Waals surface area contributed by atoms with Gasteiger partial charge in [0.1, 0.15) is 11.3 Å². The number of carbonyl (C=O) groups is 2. The van der Waals surface area contributed by atoms with Crippen molar-refractivity contribution >= 4 is 17.6 Å². The van der Waals surface area contributed by atoms with Crippen LogP contribution in [0.1, 0.15) is 36.8 Å². The highest BCUT2D eigenvalue weighted by molar-refractivity contribution is 5.87. The van der Waals surface area contributed by atoms with Crippen molar-refractivity contribution in [1.82, 2.24) is 9.88 Å². The van der Waals surface area contributed by atoms with Gasteiger partial charge in [-0.1, -0.05) is 12.1 Å². The Labute approximate surface area is 129 Å². The summed E-state index contributed by atoms with van der Waals surface area (Å²) < 4.78 is 9.96. The van der Waals surface area contributed by atoms with Crippen LogP contribution in [0, 0.1) is 0 Å². The number of hydrogen-bond acceptors (Lipinski definition) is 5. The van der Waals surface area contributed by atoms with Gasteiger partial charge < -0.3 is 14.4 Å². The van der Waals surface area contributed by atoms with Gasteiger partial charge in [-0.15, -0.1) is 0 Å². The summed E-state index contributed by atoms with van der Waals surface area (Å²) in [7, 11) is 1.32. The second-order valence-corrected chi connectivity index (χ2v) is 6.01. The van der Waals surface area contributed by atoms with Crippen LogP contribution in [0.2, 0.25) is 0 Å². The van der Waals surface area contributed by atoms with Crippen molar-refractivity contribution in [2.24, 2.45) is 0 Å². The van der Waals surface area contributed by atoms with Crippen LogP contribution in [0.25, 0.3) is 5.57 Å². The zero-order valence-corrected chi connectivity index (χ0v) is 13.3. The molecule has 2 heterocycles. The van der Waals surface area contributed by atoms with E-state index in [4.69, 9.17) is 4.74 Å². The quantitative estimate of drug-likeness (QED) is 0.785. The molecule has 2 rings (SSSR count). The topological polar surface area (TPSA) is 68.7 Å². The second kappa shape index (κ2) is 6.17. The summed E-state index contributed by atoms with van der Waals surface area (Å²) in [6.45, 7) is 6.48. The van der Waals surface area contributed by atoms with Gasteiger partial charge in [-0.3, -0.25) is 0 Å². The number of amides is 1. The van der Waals surface area contributed by atoms with Crippen molar-refractivity contribution in [3.63, 3.8) is 0 Å². The smallest absolute Gasteiger partial charge is 0.410 e. The first-order valence-corrected chi connectivity index (χ1v) is 7.02. The second-order valence-electron chi connectivity index (χ2n) is 6.01. The van der Waals surface area contributed by atoms with Crippen LogP contribution in [0.5, 0.6) is 0 Å². The minimum atomic E-state index is -0.510. The summed E-state index contributed by atoms with van der Waals surface area (Å²) in [5, 5.41) is 0. The Kier molecular flexibility index (Phi) is 4.49. The van der Waals surface area contributed by atoms with Gasteiger partial charge >= 0.3 is 12.1 Å². The Balaban J connectivity index is 2.01. The average molecular weight is 304 g/mol. The van der Waals surface area contributed by atoms with Crippen LogP contribution in [-0.2, 0) is 9.47 Å². The largest absolute Gasteiger partial charge is 0.464 e. The van der Waals surface area contributed by atoms with Gasteiger partial charge in [0.2, 0.25) is 0 Å². The predicted octanol–water partition coefficient (Wildman–Crippen LogP) is 2.50. The lowest BCUT2D eigenvalue weighted by atomic mass is 10.1. The van der Waals surface area contributed by atoms with E-state index >= 15 is 0 Å². The Morgan fingerprint density at radius 3 is 2.55 bits per heavy atom. The van der Waals surface area contributed by atoms with Gasteiger partial charge in [0.15, 0.2) is 0 Å². The number of carbonyl (C=O) groups excluding carboxylic acids is 2. The monoisotopic (exact) mass is 304 g/mol. The first-order valence-electron chi connectivity index (χ1n) is 7.02. The molecule has 1 amide bonds. The molecule has 6 heteroatoms. The number of pyridine rings is 1. The van der Waals surface area contributed by atoms with E-state index in [0.717, 1.165) is 11.1 Å². The van der Waals surface area contributed by atoms with E-state index in [1.807, 2.05) is 26.8 Å². The Hall–Kier alpha value is -2.37. The number of nitrogens with zero attached hydrogens (tertiary/aromatic N) is 2. The molecule has 0 saturated carbocycles. The standard InChI is InChI=1S/C16H20N2O4/c1-16(2,3)22-15(20)18-8-7-12(10-18)11-5-6-13(17-9-11)14(19)21-4/h5-7,9H,8,10H2,1-4H3. The summed E-state index contributed by atoms with van der Waals surface area (Å²) >= 11 is 0. The van der Waals surface area contributed by atoms with Gasteiger partial charge in [-0.25, -0.2) is 14.6 Å². The maximum absolute atomic E-state index is 12.0. The predicted molar refractivity (Wildman–Crippen MR) is 81.4 cm³/mol. The molecule has 1 aliphatic heterocycles. The summed E-state index contributed by atoms with van der Waals surface area (Å²) in [6, 6.07) is 3.40. The third kappa shape index (κ3) is 3.84. The number of hydrogen-bond donors (Lipinski definition) is 0. The third-order valence-corrected chi connectivity index (χ3v) is 3.10. The lowest BCUT2D eigenvalue weighted by molar-refractivity contribution is 0.0306. The van der Waals surface area contributed by atoms with Crippen LogP contribution < -0.4 is 0 Å². The summed E-state index contributed by atoms with van der Waals surface area (Å²) in [4.78, 5) is 29.1. The molecule has 0 aromatic carbocycles. The highest BCUT2D eigenvalue weighted by Gasteiger charge is 2.25. The fourth-order valence-corrected chi connectivity index (χ4v) is 2.04. The highest BCUT2D eigenvalue weighted by atomic mass is 16.6. The Morgan fingerprint density at radius 2 is 2.00 bits per heavy atom. The van der Waals surface area contributed by atoms with Gasteiger partial charge in [0.25, 0.3) is 0 Å². The molecule has 1 aromatic rings. The zero-order chi connectivity index (χ0) is 16.3. The molecule has 0 N–H and O–H groups in total. The number of ether oxygens (including phenoxy) is 2. The van der Waals surface area contributed by atoms with Crippen LogP contribution in [0.4, 0.5) is 4.79 Å².